The van der Waals surface area contributed by atoms with Gasteiger partial charge in [-0.25, -0.2) is 9.97 Å². The number of nitrogens with zero attached hydrogens (tertiary/aromatic N) is 3. The summed E-state index contributed by atoms with van der Waals surface area (Å²) in [6, 6.07) is 39.0. The van der Waals surface area contributed by atoms with E-state index in [1.54, 1.807) is 6.07 Å². The summed E-state index contributed by atoms with van der Waals surface area (Å²) in [4.78, 5) is 10.8. The molecule has 5 aromatic carbocycles. The van der Waals surface area contributed by atoms with E-state index in [9.17, 15) is 5.11 Å². The lowest BCUT2D eigenvalue weighted by molar-refractivity contribution is 0.300. The standard InChI is InChI=1S/C42H33N3O2/c1-41(2)32-20-12-10-19-29(32)39-37(42(41,3)4)27-17-8-9-18-28(27)38(44-39)33-24-45(25-14-6-5-7-15-25)40(43-33)31-22-30-26-16-11-13-21-35(26)47-36(30)23-34(31)46/h5-24,46H,1-4H3. The molecular formula is C42H33N3O2. The highest BCUT2D eigenvalue weighted by Crippen LogP contribution is 2.55. The van der Waals surface area contributed by atoms with Crippen LogP contribution in [0.25, 0.3) is 72.4 Å². The number of imidazole rings is 1. The Morgan fingerprint density at radius 3 is 2.09 bits per heavy atom. The smallest absolute Gasteiger partial charge is 0.149 e. The van der Waals surface area contributed by atoms with Gasteiger partial charge in [0.1, 0.15) is 28.4 Å². The SMILES string of the molecule is CC1(C)c2ccccc2-c2nc(-c3cn(-c4ccccc4)c(-c4cc5c(cc4O)oc4ccccc45)n3)c3ccccc3c2C1(C)C. The van der Waals surface area contributed by atoms with Crippen LogP contribution in [0.5, 0.6) is 5.75 Å². The number of benzene rings is 5. The molecule has 8 aromatic rings. The van der Waals surface area contributed by atoms with Crippen LogP contribution >= 0.6 is 0 Å². The number of furan rings is 1. The molecule has 1 aliphatic carbocycles. The van der Waals surface area contributed by atoms with Gasteiger partial charge >= 0.3 is 0 Å². The minimum atomic E-state index is -0.190. The lowest BCUT2D eigenvalue weighted by atomic mass is 9.55. The van der Waals surface area contributed by atoms with Crippen LogP contribution in [-0.2, 0) is 10.8 Å². The van der Waals surface area contributed by atoms with Crippen molar-refractivity contribution in [2.75, 3.05) is 0 Å². The fourth-order valence-electron chi connectivity index (χ4n) is 7.58. The summed E-state index contributed by atoms with van der Waals surface area (Å²) in [6.07, 6.45) is 2.05. The Labute approximate surface area is 272 Å². The number of phenols is 1. The van der Waals surface area contributed by atoms with Crippen LogP contribution in [0.4, 0.5) is 0 Å². The van der Waals surface area contributed by atoms with Gasteiger partial charge in [-0.2, -0.15) is 0 Å². The van der Waals surface area contributed by atoms with Crippen molar-refractivity contribution in [3.05, 3.63) is 133 Å². The van der Waals surface area contributed by atoms with E-state index in [0.717, 1.165) is 50.1 Å². The molecule has 9 rings (SSSR count). The van der Waals surface area contributed by atoms with E-state index in [0.29, 0.717) is 17.0 Å². The van der Waals surface area contributed by atoms with Crippen molar-refractivity contribution < 1.29 is 9.52 Å². The molecule has 1 N–H and O–H groups in total. The third-order valence-electron chi connectivity index (χ3n) is 10.7. The van der Waals surface area contributed by atoms with Gasteiger partial charge in [-0.1, -0.05) is 113 Å². The molecule has 0 atom stereocenters. The number of hydrogen-bond donors (Lipinski definition) is 1. The molecule has 5 heteroatoms. The Hall–Kier alpha value is -5.68. The molecule has 0 saturated heterocycles. The highest BCUT2D eigenvalue weighted by molar-refractivity contribution is 6.07. The zero-order valence-electron chi connectivity index (χ0n) is 26.7. The maximum Gasteiger partial charge on any atom is 0.149 e. The Bertz CT molecular complexity index is 2540. The normalized spacial score (nSPS) is 14.8. The van der Waals surface area contributed by atoms with Gasteiger partial charge in [0.25, 0.3) is 0 Å². The van der Waals surface area contributed by atoms with E-state index in [-0.39, 0.29) is 16.6 Å². The van der Waals surface area contributed by atoms with Crippen molar-refractivity contribution in [2.45, 2.75) is 38.5 Å². The summed E-state index contributed by atoms with van der Waals surface area (Å²) in [6.45, 7) is 9.38. The molecule has 0 saturated carbocycles. The first-order valence-corrected chi connectivity index (χ1v) is 16.1. The second kappa shape index (κ2) is 9.66. The van der Waals surface area contributed by atoms with Crippen LogP contribution in [0.15, 0.2) is 126 Å². The van der Waals surface area contributed by atoms with Gasteiger partial charge < -0.3 is 9.52 Å². The first-order valence-electron chi connectivity index (χ1n) is 16.1. The number of hydrogen-bond acceptors (Lipinski definition) is 4. The van der Waals surface area contributed by atoms with E-state index >= 15 is 0 Å². The first-order chi connectivity index (χ1) is 22.7. The van der Waals surface area contributed by atoms with E-state index in [1.165, 1.54) is 16.5 Å². The summed E-state index contributed by atoms with van der Waals surface area (Å²) < 4.78 is 8.13. The average molecular weight is 612 g/mol. The van der Waals surface area contributed by atoms with E-state index in [4.69, 9.17) is 14.4 Å². The summed E-state index contributed by atoms with van der Waals surface area (Å²) >= 11 is 0. The second-order valence-electron chi connectivity index (χ2n) is 13.6. The zero-order valence-corrected chi connectivity index (χ0v) is 26.7. The molecule has 0 unspecified atom stereocenters. The predicted molar refractivity (Wildman–Crippen MR) is 190 cm³/mol. The Morgan fingerprint density at radius 1 is 0.596 bits per heavy atom. The summed E-state index contributed by atoms with van der Waals surface area (Å²) in [7, 11) is 0. The summed E-state index contributed by atoms with van der Waals surface area (Å²) in [5, 5.41) is 15.6. The Morgan fingerprint density at radius 2 is 1.28 bits per heavy atom. The number of rotatable bonds is 3. The van der Waals surface area contributed by atoms with Crippen LogP contribution in [0.3, 0.4) is 0 Å². The molecular weight excluding hydrogens is 578 g/mol. The lowest BCUT2D eigenvalue weighted by Crippen LogP contribution is -2.44. The van der Waals surface area contributed by atoms with Gasteiger partial charge in [-0.3, -0.25) is 4.57 Å². The fourth-order valence-corrected chi connectivity index (χ4v) is 7.58. The van der Waals surface area contributed by atoms with Gasteiger partial charge in [-0.15, -0.1) is 0 Å². The Balaban J connectivity index is 1.35. The van der Waals surface area contributed by atoms with Crippen LogP contribution in [0, 0.1) is 0 Å². The van der Waals surface area contributed by atoms with Crippen LogP contribution < -0.4 is 0 Å². The van der Waals surface area contributed by atoms with Gasteiger partial charge in [0.2, 0.25) is 0 Å². The van der Waals surface area contributed by atoms with Crippen molar-refractivity contribution in [3.63, 3.8) is 0 Å². The molecule has 5 nitrogen and oxygen atoms in total. The second-order valence-corrected chi connectivity index (χ2v) is 13.6. The number of pyridine rings is 1. The highest BCUT2D eigenvalue weighted by atomic mass is 16.3. The van der Waals surface area contributed by atoms with Crippen molar-refractivity contribution in [1.82, 2.24) is 14.5 Å². The quantitative estimate of drug-likeness (QED) is 0.216. The lowest BCUT2D eigenvalue weighted by Gasteiger charge is -2.48. The molecule has 0 aliphatic heterocycles. The van der Waals surface area contributed by atoms with Gasteiger partial charge in [0.15, 0.2) is 0 Å². The van der Waals surface area contributed by atoms with E-state index in [2.05, 4.69) is 92.9 Å². The fraction of sp³-hybridized carbons (Fsp3) is 0.143. The van der Waals surface area contributed by atoms with Gasteiger partial charge in [-0.05, 0) is 46.2 Å². The number of aromatic nitrogens is 3. The molecule has 47 heavy (non-hydrogen) atoms. The van der Waals surface area contributed by atoms with Crippen molar-refractivity contribution in [2.24, 2.45) is 0 Å². The van der Waals surface area contributed by atoms with Gasteiger partial charge in [0, 0.05) is 45.1 Å². The largest absolute Gasteiger partial charge is 0.507 e. The number of aromatic hydroxyl groups is 1. The molecule has 0 fully saturated rings. The maximum atomic E-state index is 11.5. The highest BCUT2D eigenvalue weighted by Gasteiger charge is 2.47. The molecule has 0 bridgehead atoms. The molecule has 0 radical (unpaired) electrons. The predicted octanol–water partition coefficient (Wildman–Crippen LogP) is 10.6. The zero-order chi connectivity index (χ0) is 32.1. The average Bonchev–Trinajstić information content (AvgIpc) is 3.68. The van der Waals surface area contributed by atoms with E-state index < -0.39 is 0 Å². The van der Waals surface area contributed by atoms with Gasteiger partial charge in [0.05, 0.1) is 17.0 Å². The van der Waals surface area contributed by atoms with Crippen LogP contribution in [-0.4, -0.2) is 19.6 Å². The molecule has 1 aliphatic rings. The number of para-hydroxylation sites is 2. The third kappa shape index (κ3) is 3.83. The maximum absolute atomic E-state index is 11.5. The third-order valence-corrected chi connectivity index (χ3v) is 10.7. The van der Waals surface area contributed by atoms with Crippen molar-refractivity contribution >= 4 is 32.7 Å². The van der Waals surface area contributed by atoms with Crippen molar-refractivity contribution in [3.8, 4) is 45.5 Å². The first kappa shape index (κ1) is 27.6. The minimum Gasteiger partial charge on any atom is -0.507 e. The minimum absolute atomic E-state index is 0.104. The molecule has 3 aromatic heterocycles. The molecule has 0 spiro atoms. The summed E-state index contributed by atoms with van der Waals surface area (Å²) in [5.74, 6) is 0.730. The van der Waals surface area contributed by atoms with Crippen molar-refractivity contribution in [1.29, 1.82) is 0 Å². The topological polar surface area (TPSA) is 64.1 Å². The van der Waals surface area contributed by atoms with E-state index in [1.807, 2.05) is 54.7 Å². The van der Waals surface area contributed by atoms with Crippen LogP contribution in [0.1, 0.15) is 38.8 Å². The number of phenolic OH excluding ortho intramolecular Hbond substituents is 1. The number of fused-ring (bicyclic) bond motifs is 8. The summed E-state index contributed by atoms with van der Waals surface area (Å²) in [5.41, 5.74) is 8.95. The molecule has 228 valence electrons. The molecule has 0 amide bonds. The Kier molecular flexibility index (Phi) is 5.68. The monoisotopic (exact) mass is 611 g/mol. The van der Waals surface area contributed by atoms with Crippen LogP contribution in [0.2, 0.25) is 0 Å². The molecule has 3 heterocycles.